The van der Waals surface area contributed by atoms with Crippen molar-refractivity contribution in [2.24, 2.45) is 0 Å². The molecule has 0 saturated carbocycles. The van der Waals surface area contributed by atoms with Crippen molar-refractivity contribution < 1.29 is 8.42 Å². The number of hydrogen-bond donors (Lipinski definition) is 1. The third-order valence-electron chi connectivity index (χ3n) is 4.63. The number of aromatic nitrogens is 4. The molecule has 0 saturated heterocycles. The Morgan fingerprint density at radius 2 is 2.04 bits per heavy atom. The van der Waals surface area contributed by atoms with Gasteiger partial charge in [-0.05, 0) is 48.9 Å². The lowest BCUT2D eigenvalue weighted by molar-refractivity contribution is 0.592. The number of anilines is 1. The summed E-state index contributed by atoms with van der Waals surface area (Å²) in [5, 5.41) is 13.3. The van der Waals surface area contributed by atoms with E-state index in [2.05, 4.69) is 27.5 Å². The number of thiophene rings is 1. The largest absolute Gasteiger partial charge is 0.369 e. The molecule has 0 fully saturated rings. The second-order valence-electron chi connectivity index (χ2n) is 6.78. The van der Waals surface area contributed by atoms with Gasteiger partial charge in [0.05, 0.1) is 15.1 Å². The van der Waals surface area contributed by atoms with E-state index >= 15 is 0 Å². The van der Waals surface area contributed by atoms with Crippen LogP contribution in [0.15, 0.2) is 39.6 Å². The van der Waals surface area contributed by atoms with Gasteiger partial charge in [-0.15, -0.1) is 16.4 Å². The zero-order valence-electron chi connectivity index (χ0n) is 15.9. The molecule has 0 aliphatic carbocycles. The molecule has 146 valence electrons. The average Bonchev–Trinajstić information content (AvgIpc) is 3.30. The van der Waals surface area contributed by atoms with Crippen molar-refractivity contribution in [3.05, 3.63) is 40.8 Å². The fourth-order valence-corrected chi connectivity index (χ4v) is 5.50. The lowest BCUT2D eigenvalue weighted by Crippen LogP contribution is -2.08. The summed E-state index contributed by atoms with van der Waals surface area (Å²) < 4.78 is 29.2. The standard InChI is InChI=1S/C19H21N5O2S2/c1-4-5-9-20-17-16-14(8-10-27-16)24-18(21-17)19(22-23-24)28(25,26)15-11-12(2)6-7-13(15)3/h6-8,10-11H,4-5,9H2,1-3H3,(H,20,21). The Morgan fingerprint density at radius 1 is 1.21 bits per heavy atom. The Morgan fingerprint density at radius 3 is 2.82 bits per heavy atom. The number of fused-ring (bicyclic) bond motifs is 3. The zero-order valence-corrected chi connectivity index (χ0v) is 17.6. The number of nitrogens with zero attached hydrogens (tertiary/aromatic N) is 4. The normalized spacial score (nSPS) is 12.1. The molecule has 4 rings (SSSR count). The van der Waals surface area contributed by atoms with Gasteiger partial charge in [0.2, 0.25) is 14.9 Å². The first kappa shape index (κ1) is 18.8. The summed E-state index contributed by atoms with van der Waals surface area (Å²) in [5.74, 6) is 0.672. The van der Waals surface area contributed by atoms with E-state index in [0.717, 1.165) is 35.2 Å². The third-order valence-corrected chi connectivity index (χ3v) is 7.34. The molecule has 3 aromatic heterocycles. The molecule has 0 radical (unpaired) electrons. The molecule has 0 aliphatic rings. The van der Waals surface area contributed by atoms with Crippen LogP contribution in [0.4, 0.5) is 5.82 Å². The maximum absolute atomic E-state index is 13.4. The van der Waals surface area contributed by atoms with Crippen LogP contribution in [0, 0.1) is 13.8 Å². The number of unbranched alkanes of at least 4 members (excludes halogenated alkanes) is 1. The van der Waals surface area contributed by atoms with E-state index < -0.39 is 9.84 Å². The van der Waals surface area contributed by atoms with Gasteiger partial charge in [0, 0.05) is 6.54 Å². The molecule has 1 aromatic carbocycles. The zero-order chi connectivity index (χ0) is 19.9. The maximum atomic E-state index is 13.4. The van der Waals surface area contributed by atoms with Gasteiger partial charge in [-0.25, -0.2) is 13.4 Å². The number of nitrogens with one attached hydrogen (secondary N) is 1. The Labute approximate surface area is 167 Å². The van der Waals surface area contributed by atoms with E-state index in [0.29, 0.717) is 11.4 Å². The Kier molecular flexibility index (Phi) is 4.80. The molecular formula is C19H21N5O2S2. The molecule has 7 nitrogen and oxygen atoms in total. The SMILES string of the molecule is CCCCNc1nc2c(S(=O)(=O)c3cc(C)ccc3C)nnn2c2ccsc12. The second kappa shape index (κ2) is 7.14. The van der Waals surface area contributed by atoms with E-state index in [1.54, 1.807) is 30.4 Å². The van der Waals surface area contributed by atoms with Crippen molar-refractivity contribution in [2.75, 3.05) is 11.9 Å². The molecule has 0 aliphatic heterocycles. The number of aryl methyl sites for hydroxylation is 2. The van der Waals surface area contributed by atoms with Gasteiger partial charge in [0.15, 0.2) is 5.65 Å². The number of benzene rings is 1. The molecule has 1 N–H and O–H groups in total. The minimum Gasteiger partial charge on any atom is -0.369 e. The lowest BCUT2D eigenvalue weighted by Gasteiger charge is -2.09. The summed E-state index contributed by atoms with van der Waals surface area (Å²) in [7, 11) is -3.85. The second-order valence-corrected chi connectivity index (χ2v) is 9.53. The van der Waals surface area contributed by atoms with E-state index in [4.69, 9.17) is 0 Å². The predicted octanol–water partition coefficient (Wildman–Crippen LogP) is 4.00. The molecule has 0 amide bonds. The minimum absolute atomic E-state index is 0.118. The van der Waals surface area contributed by atoms with Gasteiger partial charge in [0.25, 0.3) is 0 Å². The van der Waals surface area contributed by atoms with Gasteiger partial charge in [-0.2, -0.15) is 4.52 Å². The number of sulfone groups is 1. The number of rotatable bonds is 6. The molecule has 4 aromatic rings. The van der Waals surface area contributed by atoms with Gasteiger partial charge in [0.1, 0.15) is 5.82 Å². The van der Waals surface area contributed by atoms with Crippen molar-refractivity contribution in [3.63, 3.8) is 0 Å². The van der Waals surface area contributed by atoms with Crippen LogP contribution in [0.2, 0.25) is 0 Å². The van der Waals surface area contributed by atoms with E-state index in [1.165, 1.54) is 4.52 Å². The maximum Gasteiger partial charge on any atom is 0.229 e. The van der Waals surface area contributed by atoms with Crippen LogP contribution in [0.3, 0.4) is 0 Å². The molecule has 0 spiro atoms. The summed E-state index contributed by atoms with van der Waals surface area (Å²) in [6.45, 7) is 6.53. The molecule has 3 heterocycles. The summed E-state index contributed by atoms with van der Waals surface area (Å²) in [5.41, 5.74) is 2.58. The topological polar surface area (TPSA) is 89.2 Å². The van der Waals surface area contributed by atoms with Gasteiger partial charge in [-0.1, -0.05) is 30.7 Å². The van der Waals surface area contributed by atoms with Crippen LogP contribution < -0.4 is 5.32 Å². The molecule has 9 heteroatoms. The highest BCUT2D eigenvalue weighted by Gasteiger charge is 2.28. The highest BCUT2D eigenvalue weighted by atomic mass is 32.2. The monoisotopic (exact) mass is 415 g/mol. The lowest BCUT2D eigenvalue weighted by atomic mass is 10.2. The highest BCUT2D eigenvalue weighted by Crippen LogP contribution is 2.32. The average molecular weight is 416 g/mol. The van der Waals surface area contributed by atoms with Crippen LogP contribution in [-0.2, 0) is 9.84 Å². The van der Waals surface area contributed by atoms with Crippen LogP contribution in [0.25, 0.3) is 15.9 Å². The fourth-order valence-electron chi connectivity index (χ4n) is 3.10. The Bertz CT molecular complexity index is 1270. The number of hydrogen-bond acceptors (Lipinski definition) is 7. The van der Waals surface area contributed by atoms with Crippen molar-refractivity contribution in [1.29, 1.82) is 0 Å². The minimum atomic E-state index is -3.85. The predicted molar refractivity (Wildman–Crippen MR) is 111 cm³/mol. The van der Waals surface area contributed by atoms with Crippen LogP contribution >= 0.6 is 11.3 Å². The summed E-state index contributed by atoms with van der Waals surface area (Å²) in [6, 6.07) is 7.26. The van der Waals surface area contributed by atoms with Crippen LogP contribution in [0.1, 0.15) is 30.9 Å². The van der Waals surface area contributed by atoms with Crippen molar-refractivity contribution in [2.45, 2.75) is 43.5 Å². The molecule has 0 atom stereocenters. The van der Waals surface area contributed by atoms with Gasteiger partial charge >= 0.3 is 0 Å². The molecule has 0 unspecified atom stereocenters. The van der Waals surface area contributed by atoms with Crippen LogP contribution in [0.5, 0.6) is 0 Å². The first-order valence-electron chi connectivity index (χ1n) is 9.12. The van der Waals surface area contributed by atoms with Crippen molar-refractivity contribution in [3.8, 4) is 0 Å². The smallest absolute Gasteiger partial charge is 0.229 e. The Balaban J connectivity index is 1.93. The van der Waals surface area contributed by atoms with E-state index in [9.17, 15) is 8.42 Å². The van der Waals surface area contributed by atoms with Crippen LogP contribution in [-0.4, -0.2) is 34.8 Å². The highest BCUT2D eigenvalue weighted by molar-refractivity contribution is 7.91. The van der Waals surface area contributed by atoms with Gasteiger partial charge < -0.3 is 5.32 Å². The van der Waals surface area contributed by atoms with E-state index in [-0.39, 0.29) is 15.6 Å². The summed E-state index contributed by atoms with van der Waals surface area (Å²) in [6.07, 6.45) is 2.06. The first-order valence-corrected chi connectivity index (χ1v) is 11.5. The quantitative estimate of drug-likeness (QED) is 0.479. The summed E-state index contributed by atoms with van der Waals surface area (Å²) in [4.78, 5) is 4.85. The van der Waals surface area contributed by atoms with Crippen molar-refractivity contribution >= 4 is 42.9 Å². The van der Waals surface area contributed by atoms with Crippen molar-refractivity contribution in [1.82, 2.24) is 19.8 Å². The van der Waals surface area contributed by atoms with Gasteiger partial charge in [-0.3, -0.25) is 0 Å². The fraction of sp³-hybridized carbons (Fsp3) is 0.316. The summed E-state index contributed by atoms with van der Waals surface area (Å²) >= 11 is 1.54. The molecule has 0 bridgehead atoms. The molecular weight excluding hydrogens is 394 g/mol. The Hall–Kier alpha value is -2.52. The van der Waals surface area contributed by atoms with E-state index in [1.807, 2.05) is 24.4 Å². The first-order chi connectivity index (χ1) is 13.4. The third kappa shape index (κ3) is 3.04. The molecule has 28 heavy (non-hydrogen) atoms.